The van der Waals surface area contributed by atoms with Gasteiger partial charge in [-0.2, -0.15) is 0 Å². The standard InChI is InChI=1S/C31H31F2N3O3/c1-21-34-31(24-7-9-26(32)10-8-24,25-4-2-5-27(33)19-25)30(37)36(21)15-3-14-35-16-12-22(13-17-35)23-6-11-28-29(18-23)39-20-38-28/h2,4-11,18-19,22H,3,12-17,20H2,1H3. The highest BCUT2D eigenvalue weighted by atomic mass is 19.1. The Labute approximate surface area is 226 Å². The summed E-state index contributed by atoms with van der Waals surface area (Å²) >= 11 is 0. The molecule has 3 aliphatic rings. The molecule has 0 radical (unpaired) electrons. The average molecular weight is 532 g/mol. The number of ether oxygens (including phenoxy) is 2. The molecule has 1 fully saturated rings. The van der Waals surface area contributed by atoms with Gasteiger partial charge in [-0.15, -0.1) is 0 Å². The number of hydrogen-bond donors (Lipinski definition) is 0. The first-order chi connectivity index (χ1) is 18.9. The van der Waals surface area contributed by atoms with Crippen molar-refractivity contribution in [1.29, 1.82) is 0 Å². The first-order valence-electron chi connectivity index (χ1n) is 13.5. The predicted molar refractivity (Wildman–Crippen MR) is 144 cm³/mol. The summed E-state index contributed by atoms with van der Waals surface area (Å²) in [5.74, 6) is 1.63. The molecule has 8 heteroatoms. The van der Waals surface area contributed by atoms with E-state index in [4.69, 9.17) is 14.5 Å². The molecule has 3 heterocycles. The SMILES string of the molecule is CC1=NC(c2ccc(F)cc2)(c2cccc(F)c2)C(=O)N1CCCN1CCC(c2ccc3c(c2)OCO3)CC1. The molecule has 39 heavy (non-hydrogen) atoms. The number of hydrogen-bond acceptors (Lipinski definition) is 5. The topological polar surface area (TPSA) is 54.4 Å². The maximum absolute atomic E-state index is 14.2. The van der Waals surface area contributed by atoms with E-state index in [0.717, 1.165) is 50.4 Å². The molecule has 1 unspecified atom stereocenters. The normalized spacial score (nSPS) is 21.5. The summed E-state index contributed by atoms with van der Waals surface area (Å²) in [6.07, 6.45) is 2.92. The molecule has 1 amide bonds. The van der Waals surface area contributed by atoms with Crippen molar-refractivity contribution in [1.82, 2.24) is 9.80 Å². The van der Waals surface area contributed by atoms with Gasteiger partial charge in [-0.05, 0) is 105 Å². The van der Waals surface area contributed by atoms with Gasteiger partial charge in [0.15, 0.2) is 17.0 Å². The zero-order valence-corrected chi connectivity index (χ0v) is 21.9. The van der Waals surface area contributed by atoms with Crippen molar-refractivity contribution in [3.8, 4) is 11.5 Å². The van der Waals surface area contributed by atoms with E-state index in [1.54, 1.807) is 36.1 Å². The van der Waals surface area contributed by atoms with Crippen LogP contribution < -0.4 is 9.47 Å². The molecule has 202 valence electrons. The van der Waals surface area contributed by atoms with E-state index >= 15 is 0 Å². The van der Waals surface area contributed by atoms with Crippen LogP contribution in [0.2, 0.25) is 0 Å². The van der Waals surface area contributed by atoms with Crippen LogP contribution in [0.15, 0.2) is 71.7 Å². The summed E-state index contributed by atoms with van der Waals surface area (Å²) in [6, 6.07) is 17.9. The predicted octanol–water partition coefficient (Wildman–Crippen LogP) is 5.47. The quantitative estimate of drug-likeness (QED) is 0.406. The van der Waals surface area contributed by atoms with Gasteiger partial charge in [0.05, 0.1) is 0 Å². The summed E-state index contributed by atoms with van der Waals surface area (Å²) in [6.45, 7) is 5.45. The molecular weight excluding hydrogens is 500 g/mol. The lowest BCUT2D eigenvalue weighted by Crippen LogP contribution is -2.43. The van der Waals surface area contributed by atoms with Crippen molar-refractivity contribution in [2.45, 2.75) is 37.6 Å². The Morgan fingerprint density at radius 2 is 1.67 bits per heavy atom. The molecule has 0 aromatic heterocycles. The fraction of sp³-hybridized carbons (Fsp3) is 0.355. The second-order valence-corrected chi connectivity index (χ2v) is 10.4. The van der Waals surface area contributed by atoms with Crippen LogP contribution in [0.5, 0.6) is 11.5 Å². The maximum atomic E-state index is 14.2. The minimum atomic E-state index is -1.43. The molecule has 0 aliphatic carbocycles. The Kier molecular flexibility index (Phi) is 6.81. The van der Waals surface area contributed by atoms with Gasteiger partial charge in [0, 0.05) is 6.54 Å². The lowest BCUT2D eigenvalue weighted by Gasteiger charge is -2.33. The van der Waals surface area contributed by atoms with Crippen molar-refractivity contribution >= 4 is 11.7 Å². The monoisotopic (exact) mass is 531 g/mol. The number of carbonyl (C=O) groups excluding carboxylic acids is 1. The van der Waals surface area contributed by atoms with Gasteiger partial charge in [-0.25, -0.2) is 13.8 Å². The number of benzene rings is 3. The molecule has 0 N–H and O–H groups in total. The summed E-state index contributed by atoms with van der Waals surface area (Å²) in [7, 11) is 0. The Morgan fingerprint density at radius 1 is 0.897 bits per heavy atom. The van der Waals surface area contributed by atoms with E-state index in [-0.39, 0.29) is 12.7 Å². The van der Waals surface area contributed by atoms with Crippen LogP contribution in [0.25, 0.3) is 0 Å². The van der Waals surface area contributed by atoms with E-state index in [0.29, 0.717) is 29.4 Å². The smallest absolute Gasteiger partial charge is 0.265 e. The van der Waals surface area contributed by atoms with Crippen molar-refractivity contribution in [3.05, 3.63) is 95.1 Å². The Hall–Kier alpha value is -3.78. The lowest BCUT2D eigenvalue weighted by atomic mass is 9.82. The van der Waals surface area contributed by atoms with Crippen molar-refractivity contribution in [2.24, 2.45) is 4.99 Å². The molecule has 3 aliphatic heterocycles. The summed E-state index contributed by atoms with van der Waals surface area (Å²) in [5, 5.41) is 0. The highest BCUT2D eigenvalue weighted by molar-refractivity contribution is 6.09. The van der Waals surface area contributed by atoms with Crippen molar-refractivity contribution in [2.75, 3.05) is 33.0 Å². The highest BCUT2D eigenvalue weighted by Gasteiger charge is 2.50. The third-order valence-corrected chi connectivity index (χ3v) is 8.09. The van der Waals surface area contributed by atoms with Gasteiger partial charge in [0.1, 0.15) is 17.5 Å². The molecule has 0 bridgehead atoms. The van der Waals surface area contributed by atoms with E-state index in [2.05, 4.69) is 17.0 Å². The zero-order chi connectivity index (χ0) is 27.0. The highest BCUT2D eigenvalue weighted by Crippen LogP contribution is 2.41. The largest absolute Gasteiger partial charge is 0.454 e. The Morgan fingerprint density at radius 3 is 2.44 bits per heavy atom. The number of halogens is 2. The Bertz CT molecular complexity index is 1400. The molecular formula is C31H31F2N3O3. The van der Waals surface area contributed by atoms with Crippen LogP contribution in [0.4, 0.5) is 8.78 Å². The number of carbonyl (C=O) groups is 1. The molecule has 3 aromatic rings. The first-order valence-corrected chi connectivity index (χ1v) is 13.5. The molecule has 6 nitrogen and oxygen atoms in total. The molecule has 1 saturated heterocycles. The number of amidine groups is 1. The number of fused-ring (bicyclic) bond motifs is 1. The molecule has 6 rings (SSSR count). The van der Waals surface area contributed by atoms with Crippen LogP contribution >= 0.6 is 0 Å². The number of nitrogens with zero attached hydrogens (tertiary/aromatic N) is 3. The molecule has 0 spiro atoms. The van der Waals surface area contributed by atoms with Crippen LogP contribution in [0, 0.1) is 11.6 Å². The van der Waals surface area contributed by atoms with E-state index < -0.39 is 17.2 Å². The number of aliphatic imine (C=N–C) groups is 1. The third-order valence-electron chi connectivity index (χ3n) is 8.09. The van der Waals surface area contributed by atoms with Crippen molar-refractivity contribution < 1.29 is 23.0 Å². The summed E-state index contributed by atoms with van der Waals surface area (Å²) in [5.41, 5.74) is 0.824. The third kappa shape index (κ3) is 4.78. The number of amides is 1. The summed E-state index contributed by atoms with van der Waals surface area (Å²) < 4.78 is 38.9. The Balaban J connectivity index is 1.10. The van der Waals surface area contributed by atoms with Crippen LogP contribution in [0.3, 0.4) is 0 Å². The molecule has 3 aromatic carbocycles. The average Bonchev–Trinajstić information content (AvgIpc) is 3.52. The number of piperidine rings is 1. The molecule has 0 saturated carbocycles. The minimum Gasteiger partial charge on any atom is -0.454 e. The second kappa shape index (κ2) is 10.4. The molecule has 1 atom stereocenters. The van der Waals surface area contributed by atoms with E-state index in [1.807, 2.05) is 6.07 Å². The second-order valence-electron chi connectivity index (χ2n) is 10.4. The fourth-order valence-corrected chi connectivity index (χ4v) is 6.01. The van der Waals surface area contributed by atoms with E-state index in [9.17, 15) is 13.6 Å². The minimum absolute atomic E-state index is 0.237. The first kappa shape index (κ1) is 25.5. The summed E-state index contributed by atoms with van der Waals surface area (Å²) in [4.78, 5) is 22.9. The zero-order valence-electron chi connectivity index (χ0n) is 21.9. The van der Waals surface area contributed by atoms with Gasteiger partial charge in [0.25, 0.3) is 5.91 Å². The van der Waals surface area contributed by atoms with Gasteiger partial charge in [-0.1, -0.05) is 30.3 Å². The van der Waals surface area contributed by atoms with Crippen molar-refractivity contribution in [3.63, 3.8) is 0 Å². The van der Waals surface area contributed by atoms with Crippen LogP contribution in [0.1, 0.15) is 48.8 Å². The van der Waals surface area contributed by atoms with Crippen LogP contribution in [-0.2, 0) is 10.3 Å². The fourth-order valence-electron chi connectivity index (χ4n) is 6.01. The lowest BCUT2D eigenvalue weighted by molar-refractivity contribution is -0.130. The van der Waals surface area contributed by atoms with Gasteiger partial charge < -0.3 is 14.4 Å². The van der Waals surface area contributed by atoms with Gasteiger partial charge in [0.2, 0.25) is 6.79 Å². The van der Waals surface area contributed by atoms with Gasteiger partial charge >= 0.3 is 0 Å². The van der Waals surface area contributed by atoms with Crippen LogP contribution in [-0.4, -0.2) is 54.5 Å². The van der Waals surface area contributed by atoms with Gasteiger partial charge in [-0.3, -0.25) is 9.69 Å². The van der Waals surface area contributed by atoms with E-state index in [1.165, 1.54) is 29.8 Å². The number of likely N-dealkylation sites (tertiary alicyclic amines) is 1. The number of rotatable bonds is 7. The maximum Gasteiger partial charge on any atom is 0.265 e.